The first kappa shape index (κ1) is 14.3. The molecule has 1 unspecified atom stereocenters. The Balaban J connectivity index is 1.92. The van der Waals surface area contributed by atoms with E-state index in [1.54, 1.807) is 4.68 Å². The van der Waals surface area contributed by atoms with Gasteiger partial charge in [0.2, 0.25) is 5.16 Å². The van der Waals surface area contributed by atoms with Gasteiger partial charge >= 0.3 is 0 Å². The molecule has 1 aromatic carbocycles. The predicted octanol–water partition coefficient (Wildman–Crippen LogP) is 2.88. The lowest BCUT2D eigenvalue weighted by Crippen LogP contribution is -2.22. The summed E-state index contributed by atoms with van der Waals surface area (Å²) in [6.45, 7) is 4.09. The molecule has 5 nitrogen and oxygen atoms in total. The number of hydrogen-bond donors (Lipinski definition) is 0. The maximum absolute atomic E-state index is 12.0. The third-order valence-corrected chi connectivity index (χ3v) is 5.09. The monoisotopic (exact) mass is 302 g/mol. The fourth-order valence-corrected chi connectivity index (χ4v) is 3.83. The lowest BCUT2D eigenvalue weighted by molar-refractivity contribution is -0.119. The molecule has 6 heteroatoms. The molecule has 0 saturated heterocycles. The fraction of sp³-hybridized carbons (Fsp3) is 0.467. The summed E-state index contributed by atoms with van der Waals surface area (Å²) >= 11 is 1.50. The van der Waals surface area contributed by atoms with Crippen LogP contribution in [0, 0.1) is 13.8 Å². The minimum Gasteiger partial charge on any atom is -0.298 e. The second-order valence-corrected chi connectivity index (χ2v) is 6.60. The van der Waals surface area contributed by atoms with Gasteiger partial charge in [0.1, 0.15) is 5.78 Å². The summed E-state index contributed by atoms with van der Waals surface area (Å²) in [6, 6.07) is 6.12. The van der Waals surface area contributed by atoms with Crippen LogP contribution in [0.4, 0.5) is 0 Å². The van der Waals surface area contributed by atoms with Crippen molar-refractivity contribution in [3.8, 4) is 5.69 Å². The van der Waals surface area contributed by atoms with Gasteiger partial charge in [0.05, 0.1) is 10.9 Å². The van der Waals surface area contributed by atoms with E-state index in [-0.39, 0.29) is 5.25 Å². The Morgan fingerprint density at radius 2 is 2.00 bits per heavy atom. The molecule has 1 heterocycles. The summed E-state index contributed by atoms with van der Waals surface area (Å²) in [5.41, 5.74) is 3.26. The number of benzene rings is 1. The molecule has 0 aliphatic heterocycles. The van der Waals surface area contributed by atoms with E-state index < -0.39 is 0 Å². The van der Waals surface area contributed by atoms with E-state index in [9.17, 15) is 4.79 Å². The molecule has 1 aromatic heterocycles. The Hall–Kier alpha value is -1.69. The van der Waals surface area contributed by atoms with Crippen LogP contribution in [0.2, 0.25) is 0 Å². The lowest BCUT2D eigenvalue weighted by atomic mass is 9.99. The summed E-state index contributed by atoms with van der Waals surface area (Å²) in [7, 11) is 0. The zero-order valence-corrected chi connectivity index (χ0v) is 13.1. The topological polar surface area (TPSA) is 60.7 Å². The average molecular weight is 302 g/mol. The molecular formula is C15H18N4OS. The van der Waals surface area contributed by atoms with Crippen LogP contribution >= 0.6 is 11.8 Å². The Bertz CT molecular complexity index is 647. The van der Waals surface area contributed by atoms with E-state index in [2.05, 4.69) is 15.5 Å². The number of rotatable bonds is 3. The molecule has 1 aliphatic carbocycles. The molecule has 2 aromatic rings. The number of hydrogen-bond acceptors (Lipinski definition) is 5. The predicted molar refractivity (Wildman–Crippen MR) is 81.7 cm³/mol. The van der Waals surface area contributed by atoms with Crippen molar-refractivity contribution in [2.45, 2.75) is 49.9 Å². The number of nitrogens with zero attached hydrogens (tertiary/aromatic N) is 4. The highest BCUT2D eigenvalue weighted by Gasteiger charge is 2.26. The number of para-hydroxylation sites is 1. The Labute approximate surface area is 128 Å². The first-order valence-corrected chi connectivity index (χ1v) is 8.09. The van der Waals surface area contributed by atoms with Gasteiger partial charge in [0.15, 0.2) is 0 Å². The van der Waals surface area contributed by atoms with Gasteiger partial charge in [-0.2, -0.15) is 4.68 Å². The van der Waals surface area contributed by atoms with E-state index in [0.717, 1.165) is 36.1 Å². The van der Waals surface area contributed by atoms with Crippen molar-refractivity contribution in [1.29, 1.82) is 0 Å². The molecule has 0 bridgehead atoms. The molecule has 1 saturated carbocycles. The molecule has 110 valence electrons. The zero-order chi connectivity index (χ0) is 14.8. The molecule has 3 rings (SSSR count). The minimum atomic E-state index is -0.00664. The van der Waals surface area contributed by atoms with Crippen molar-refractivity contribution >= 4 is 17.5 Å². The third kappa shape index (κ3) is 2.85. The van der Waals surface area contributed by atoms with Gasteiger partial charge in [0, 0.05) is 6.42 Å². The quantitative estimate of drug-likeness (QED) is 0.872. The molecule has 0 amide bonds. The number of aryl methyl sites for hydroxylation is 2. The van der Waals surface area contributed by atoms with Gasteiger partial charge in [-0.3, -0.25) is 4.79 Å². The molecule has 1 fully saturated rings. The highest BCUT2D eigenvalue weighted by atomic mass is 32.2. The van der Waals surface area contributed by atoms with Gasteiger partial charge in [-0.25, -0.2) is 0 Å². The van der Waals surface area contributed by atoms with Crippen LogP contribution in [-0.4, -0.2) is 31.2 Å². The maximum atomic E-state index is 12.0. The van der Waals surface area contributed by atoms with Crippen LogP contribution in [0.3, 0.4) is 0 Å². The van der Waals surface area contributed by atoms with Gasteiger partial charge in [-0.05, 0) is 48.2 Å². The van der Waals surface area contributed by atoms with Gasteiger partial charge in [-0.15, -0.1) is 5.10 Å². The Kier molecular flexibility index (Phi) is 4.05. The number of tetrazole rings is 1. The fourth-order valence-electron chi connectivity index (χ4n) is 2.74. The van der Waals surface area contributed by atoms with Crippen LogP contribution < -0.4 is 0 Å². The van der Waals surface area contributed by atoms with Crippen LogP contribution in [0.1, 0.15) is 36.8 Å². The largest absolute Gasteiger partial charge is 0.298 e. The first-order chi connectivity index (χ1) is 10.2. The van der Waals surface area contributed by atoms with E-state index in [0.29, 0.717) is 17.4 Å². The van der Waals surface area contributed by atoms with E-state index in [4.69, 9.17) is 0 Å². The van der Waals surface area contributed by atoms with Crippen molar-refractivity contribution < 1.29 is 4.79 Å². The summed E-state index contributed by atoms with van der Waals surface area (Å²) in [5.74, 6) is 0.322. The smallest absolute Gasteiger partial charge is 0.214 e. The van der Waals surface area contributed by atoms with Crippen LogP contribution in [0.25, 0.3) is 5.69 Å². The molecule has 0 spiro atoms. The van der Waals surface area contributed by atoms with Crippen molar-refractivity contribution in [1.82, 2.24) is 20.2 Å². The molecule has 0 N–H and O–H groups in total. The zero-order valence-electron chi connectivity index (χ0n) is 12.2. The van der Waals surface area contributed by atoms with Gasteiger partial charge < -0.3 is 0 Å². The second-order valence-electron chi connectivity index (χ2n) is 5.43. The molecular weight excluding hydrogens is 284 g/mol. The SMILES string of the molecule is Cc1cccc(C)c1-n1nnnc1SC1CCCCC1=O. The molecule has 1 atom stereocenters. The Morgan fingerprint density at radius 3 is 2.71 bits per heavy atom. The highest BCUT2D eigenvalue weighted by molar-refractivity contribution is 8.00. The summed E-state index contributed by atoms with van der Waals surface area (Å²) < 4.78 is 1.76. The van der Waals surface area contributed by atoms with Gasteiger partial charge in [-0.1, -0.05) is 36.4 Å². The average Bonchev–Trinajstić information content (AvgIpc) is 2.89. The first-order valence-electron chi connectivity index (χ1n) is 7.21. The van der Waals surface area contributed by atoms with E-state index >= 15 is 0 Å². The van der Waals surface area contributed by atoms with Gasteiger partial charge in [0.25, 0.3) is 0 Å². The number of carbonyl (C=O) groups is 1. The molecule has 21 heavy (non-hydrogen) atoms. The molecule has 1 aliphatic rings. The van der Waals surface area contributed by atoms with Crippen LogP contribution in [-0.2, 0) is 4.79 Å². The normalized spacial score (nSPS) is 19.0. The number of carbonyl (C=O) groups excluding carboxylic acids is 1. The second kappa shape index (κ2) is 5.97. The lowest BCUT2D eigenvalue weighted by Gasteiger charge is -2.19. The standard InChI is InChI=1S/C15H18N4OS/c1-10-6-5-7-11(2)14(10)19-15(16-17-18-19)21-13-9-4-3-8-12(13)20/h5-7,13H,3-4,8-9H2,1-2H3. The highest BCUT2D eigenvalue weighted by Crippen LogP contribution is 2.32. The van der Waals surface area contributed by atoms with E-state index in [1.165, 1.54) is 11.8 Å². The summed E-state index contributed by atoms with van der Waals surface area (Å²) in [6.07, 6.45) is 3.72. The number of aromatic nitrogens is 4. The van der Waals surface area contributed by atoms with Crippen LogP contribution in [0.15, 0.2) is 23.4 Å². The Morgan fingerprint density at radius 1 is 1.24 bits per heavy atom. The number of ketones is 1. The van der Waals surface area contributed by atoms with Crippen molar-refractivity contribution in [3.63, 3.8) is 0 Å². The maximum Gasteiger partial charge on any atom is 0.214 e. The van der Waals surface area contributed by atoms with Crippen molar-refractivity contribution in [2.24, 2.45) is 0 Å². The van der Waals surface area contributed by atoms with Crippen molar-refractivity contribution in [3.05, 3.63) is 29.3 Å². The molecule has 0 radical (unpaired) electrons. The van der Waals surface area contributed by atoms with Crippen LogP contribution in [0.5, 0.6) is 0 Å². The third-order valence-electron chi connectivity index (χ3n) is 3.84. The number of thioether (sulfide) groups is 1. The summed E-state index contributed by atoms with van der Waals surface area (Å²) in [5, 5.41) is 12.7. The van der Waals surface area contributed by atoms with E-state index in [1.807, 2.05) is 32.0 Å². The number of Topliss-reactive ketones (excluding diaryl/α,β-unsaturated/α-hetero) is 1. The minimum absolute atomic E-state index is 0.00664. The van der Waals surface area contributed by atoms with Crippen molar-refractivity contribution in [2.75, 3.05) is 0 Å². The summed E-state index contributed by atoms with van der Waals surface area (Å²) in [4.78, 5) is 12.0.